The molecule has 102 valence electrons. The smallest absolute Gasteiger partial charge is 0.352 e. The quantitative estimate of drug-likeness (QED) is 0.645. The second-order valence-electron chi connectivity index (χ2n) is 4.26. The van der Waals surface area contributed by atoms with Crippen LogP contribution in [0.5, 0.6) is 0 Å². The van der Waals surface area contributed by atoms with Crippen molar-refractivity contribution in [2.75, 3.05) is 10.8 Å². The highest BCUT2D eigenvalue weighted by molar-refractivity contribution is 8.39. The van der Waals surface area contributed by atoms with E-state index in [1.165, 1.54) is 16.2 Å². The Morgan fingerprint density at radius 1 is 1.68 bits per heavy atom. The molecule has 19 heavy (non-hydrogen) atoms. The zero-order valence-corrected chi connectivity index (χ0v) is 12.2. The van der Waals surface area contributed by atoms with Gasteiger partial charge < -0.3 is 5.11 Å². The molecule has 0 aromatic carbocycles. The third-order valence-electron chi connectivity index (χ3n) is 3.40. The number of hydrogen-bond acceptors (Lipinski definition) is 6. The number of carbonyl (C=O) groups is 2. The molecule has 6 nitrogen and oxygen atoms in total. The molecule has 0 aliphatic carbocycles. The first-order chi connectivity index (χ1) is 9.10. The van der Waals surface area contributed by atoms with Crippen LogP contribution in [0.1, 0.15) is 6.42 Å². The average Bonchev–Trinajstić information content (AvgIpc) is 2.91. The lowest BCUT2D eigenvalue weighted by molar-refractivity contribution is -0.146. The van der Waals surface area contributed by atoms with Crippen molar-refractivity contribution in [3.05, 3.63) is 17.3 Å². The zero-order valence-electron chi connectivity index (χ0n) is 9.72. The Balaban J connectivity index is 2.06. The Morgan fingerprint density at radius 3 is 3.00 bits per heavy atom. The molecular formula is C10H11N3O3S3. The highest BCUT2D eigenvalue weighted by Gasteiger charge is 2.53. The fraction of sp³-hybridized carbons (Fsp3) is 0.400. The highest BCUT2D eigenvalue weighted by Crippen LogP contribution is 2.67. The lowest BCUT2D eigenvalue weighted by Gasteiger charge is -2.55. The third kappa shape index (κ3) is 1.72. The van der Waals surface area contributed by atoms with Crippen LogP contribution >= 0.6 is 34.0 Å². The van der Waals surface area contributed by atoms with Crippen molar-refractivity contribution in [1.29, 1.82) is 0 Å². The van der Waals surface area contributed by atoms with Crippen LogP contribution in [-0.2, 0) is 9.59 Å². The summed E-state index contributed by atoms with van der Waals surface area (Å²) in [6.07, 6.45) is 2.00. The second kappa shape index (κ2) is 4.50. The minimum absolute atomic E-state index is 0.0932. The molecule has 1 aromatic rings. The molecule has 2 atom stereocenters. The Labute approximate surface area is 120 Å². The van der Waals surface area contributed by atoms with E-state index >= 15 is 0 Å². The molecule has 3 heterocycles. The topological polar surface area (TPSA) is 83.4 Å². The first-order valence-electron chi connectivity index (χ1n) is 5.50. The summed E-state index contributed by atoms with van der Waals surface area (Å²) in [5, 5.41) is 17.6. The molecule has 2 aliphatic rings. The average molecular weight is 317 g/mol. The van der Waals surface area contributed by atoms with Crippen LogP contribution < -0.4 is 0 Å². The molecule has 0 saturated carbocycles. The van der Waals surface area contributed by atoms with Crippen LogP contribution in [-0.4, -0.2) is 48.3 Å². The first-order valence-corrected chi connectivity index (χ1v) is 9.05. The Hall–Kier alpha value is -1.06. The van der Waals surface area contributed by atoms with E-state index in [9.17, 15) is 9.59 Å². The number of amides is 1. The van der Waals surface area contributed by atoms with Gasteiger partial charge in [-0.05, 0) is 6.08 Å². The summed E-state index contributed by atoms with van der Waals surface area (Å²) < 4.78 is 0.894. The van der Waals surface area contributed by atoms with Crippen LogP contribution in [0.25, 0.3) is 0 Å². The summed E-state index contributed by atoms with van der Waals surface area (Å²) in [5.41, 5.74) is 1.75. The summed E-state index contributed by atoms with van der Waals surface area (Å²) in [4.78, 5) is 24.3. The van der Waals surface area contributed by atoms with E-state index in [0.717, 1.165) is 4.34 Å². The first kappa shape index (κ1) is 12.9. The molecule has 1 amide bonds. The Morgan fingerprint density at radius 2 is 2.47 bits per heavy atom. The van der Waals surface area contributed by atoms with E-state index in [1.807, 2.05) is 0 Å². The van der Waals surface area contributed by atoms with E-state index in [1.54, 1.807) is 11.6 Å². The fourth-order valence-electron chi connectivity index (χ4n) is 2.39. The van der Waals surface area contributed by atoms with Gasteiger partial charge in [0, 0.05) is 10.8 Å². The molecule has 0 spiro atoms. The number of β-lactam (4-membered cyclic amide) rings is 1. The van der Waals surface area contributed by atoms with Gasteiger partial charge in [0.25, 0.3) is 0 Å². The molecule has 1 aromatic heterocycles. The number of nitrogens with zero attached hydrogens (tertiary/aromatic N) is 3. The number of hydrogen-bond donors (Lipinski definition) is 2. The van der Waals surface area contributed by atoms with Crippen molar-refractivity contribution >= 4 is 45.9 Å². The zero-order chi connectivity index (χ0) is 13.6. The minimum atomic E-state index is -1.44. The minimum Gasteiger partial charge on any atom is -0.477 e. The third-order valence-corrected chi connectivity index (χ3v) is 9.97. The van der Waals surface area contributed by atoms with Crippen molar-refractivity contribution < 1.29 is 14.7 Å². The van der Waals surface area contributed by atoms with Crippen LogP contribution in [0, 0.1) is 0 Å². The number of fused-ring (bicyclic) bond motifs is 1. The number of aliphatic carboxylic acids is 1. The van der Waals surface area contributed by atoms with Crippen LogP contribution in [0.2, 0.25) is 0 Å². The van der Waals surface area contributed by atoms with E-state index < -0.39 is 16.0 Å². The summed E-state index contributed by atoms with van der Waals surface area (Å²) in [7, 11) is -1.44. The maximum absolute atomic E-state index is 11.7. The van der Waals surface area contributed by atoms with Gasteiger partial charge >= 0.3 is 5.97 Å². The largest absolute Gasteiger partial charge is 0.477 e. The molecule has 1 fully saturated rings. The SMILES string of the molecule is O=C(O)C1=CCS(CS)(c2nncs2)C2CC(=O)N12. The maximum atomic E-state index is 11.7. The van der Waals surface area contributed by atoms with Crippen LogP contribution in [0.15, 0.2) is 21.6 Å². The monoisotopic (exact) mass is 317 g/mol. The van der Waals surface area contributed by atoms with Crippen LogP contribution in [0.4, 0.5) is 0 Å². The van der Waals surface area contributed by atoms with E-state index in [4.69, 9.17) is 5.11 Å². The lowest BCUT2D eigenvalue weighted by atomic mass is 10.1. The molecule has 9 heteroatoms. The number of carboxylic acid groups (broad SMARTS) is 1. The van der Waals surface area contributed by atoms with Gasteiger partial charge in [0.05, 0.1) is 11.8 Å². The molecular weight excluding hydrogens is 306 g/mol. The molecule has 2 aliphatic heterocycles. The normalized spacial score (nSPS) is 32.9. The molecule has 0 radical (unpaired) electrons. The summed E-state index contributed by atoms with van der Waals surface area (Å²) in [5.74, 6) is -0.592. The lowest BCUT2D eigenvalue weighted by Crippen LogP contribution is -2.57. The number of carboxylic acids is 1. The fourth-order valence-corrected chi connectivity index (χ4v) is 8.48. The van der Waals surface area contributed by atoms with Gasteiger partial charge in [-0.15, -0.1) is 10.2 Å². The predicted octanol–water partition coefficient (Wildman–Crippen LogP) is 1.13. The van der Waals surface area contributed by atoms with E-state index in [2.05, 4.69) is 22.8 Å². The summed E-state index contributed by atoms with van der Waals surface area (Å²) in [6.45, 7) is 0. The van der Waals surface area contributed by atoms with Gasteiger partial charge in [0.1, 0.15) is 11.2 Å². The van der Waals surface area contributed by atoms with Gasteiger partial charge in [-0.1, -0.05) is 11.3 Å². The summed E-state index contributed by atoms with van der Waals surface area (Å²) >= 11 is 5.90. The van der Waals surface area contributed by atoms with Gasteiger partial charge in [-0.25, -0.2) is 4.79 Å². The Bertz CT molecular complexity index is 574. The molecule has 3 rings (SSSR count). The van der Waals surface area contributed by atoms with Crippen molar-refractivity contribution in [1.82, 2.24) is 15.1 Å². The van der Waals surface area contributed by atoms with Crippen molar-refractivity contribution in [2.45, 2.75) is 16.1 Å². The summed E-state index contributed by atoms with van der Waals surface area (Å²) in [6, 6.07) is 0. The van der Waals surface area contributed by atoms with Crippen molar-refractivity contribution in [3.8, 4) is 0 Å². The highest BCUT2D eigenvalue weighted by atomic mass is 32.3. The predicted molar refractivity (Wildman–Crippen MR) is 75.5 cm³/mol. The number of rotatable bonds is 3. The maximum Gasteiger partial charge on any atom is 0.352 e. The Kier molecular flexibility index (Phi) is 3.06. The molecule has 1 N–H and O–H groups in total. The van der Waals surface area contributed by atoms with Gasteiger partial charge in [0.15, 0.2) is 4.34 Å². The van der Waals surface area contributed by atoms with Crippen molar-refractivity contribution in [2.24, 2.45) is 0 Å². The van der Waals surface area contributed by atoms with Crippen molar-refractivity contribution in [3.63, 3.8) is 0 Å². The molecule has 1 saturated heterocycles. The van der Waals surface area contributed by atoms with E-state index in [-0.39, 0.29) is 17.0 Å². The second-order valence-corrected chi connectivity index (χ2v) is 9.54. The van der Waals surface area contributed by atoms with E-state index in [0.29, 0.717) is 17.3 Å². The standard InChI is InChI=1S/C10H11N3O3S3/c14-7-3-8-13(7)6(9(15)16)1-2-19(8,5-17)10-12-11-4-18-10/h1,4,8,17H,2-3,5H2,(H,15,16). The van der Waals surface area contributed by atoms with Gasteiger partial charge in [-0.2, -0.15) is 22.7 Å². The van der Waals surface area contributed by atoms with Gasteiger partial charge in [0.2, 0.25) is 5.91 Å². The molecule has 0 bridgehead atoms. The number of carbonyl (C=O) groups excluding carboxylic acids is 1. The number of aromatic nitrogens is 2. The molecule has 2 unspecified atom stereocenters. The van der Waals surface area contributed by atoms with Crippen LogP contribution in [0.3, 0.4) is 0 Å². The van der Waals surface area contributed by atoms with Gasteiger partial charge in [-0.3, -0.25) is 9.69 Å². The number of thiol groups is 1.